The van der Waals surface area contributed by atoms with Gasteiger partial charge in [0.05, 0.1) is 18.7 Å². The minimum atomic E-state index is 0.00711. The van der Waals surface area contributed by atoms with Crippen LogP contribution in [0.4, 0.5) is 0 Å². The molecule has 1 N–H and O–H groups in total. The van der Waals surface area contributed by atoms with Crippen LogP contribution >= 0.6 is 11.6 Å². The molecule has 0 saturated carbocycles. The Kier molecular flexibility index (Phi) is 8.04. The van der Waals surface area contributed by atoms with Gasteiger partial charge >= 0.3 is 0 Å². The Balaban J connectivity index is 2.06. The molecule has 1 amide bonds. The van der Waals surface area contributed by atoms with E-state index in [4.69, 9.17) is 21.1 Å². The van der Waals surface area contributed by atoms with Gasteiger partial charge in [0.15, 0.2) is 11.5 Å². The number of hydrogen-bond donors (Lipinski definition) is 1. The lowest BCUT2D eigenvalue weighted by Crippen LogP contribution is -2.39. The Labute approximate surface area is 162 Å². The van der Waals surface area contributed by atoms with Crippen LogP contribution in [0.25, 0.3) is 0 Å². The molecular formula is C20H31ClN2O3. The molecule has 146 valence electrons. The summed E-state index contributed by atoms with van der Waals surface area (Å²) in [6, 6.07) is 3.42. The number of nitrogens with zero attached hydrogens (tertiary/aromatic N) is 1. The lowest BCUT2D eigenvalue weighted by atomic mass is 9.93. The maximum absolute atomic E-state index is 12.9. The molecule has 0 atom stereocenters. The predicted molar refractivity (Wildman–Crippen MR) is 106 cm³/mol. The molecule has 1 aliphatic rings. The van der Waals surface area contributed by atoms with E-state index in [2.05, 4.69) is 19.2 Å². The Bertz CT molecular complexity index is 599. The maximum atomic E-state index is 12.9. The van der Waals surface area contributed by atoms with Gasteiger partial charge in [-0.1, -0.05) is 25.4 Å². The number of nitrogens with one attached hydrogen (secondary N) is 1. The molecule has 0 bridgehead atoms. The van der Waals surface area contributed by atoms with Crippen molar-refractivity contribution in [3.63, 3.8) is 0 Å². The number of ether oxygens (including phenoxy) is 2. The Morgan fingerprint density at radius 1 is 1.35 bits per heavy atom. The lowest BCUT2D eigenvalue weighted by molar-refractivity contribution is 0.0686. The summed E-state index contributed by atoms with van der Waals surface area (Å²) in [6.07, 6.45) is 3.27. The van der Waals surface area contributed by atoms with Gasteiger partial charge < -0.3 is 19.7 Å². The van der Waals surface area contributed by atoms with Crippen LogP contribution in [0, 0.1) is 11.8 Å². The van der Waals surface area contributed by atoms with E-state index < -0.39 is 0 Å². The Hall–Kier alpha value is -1.46. The molecule has 1 heterocycles. The summed E-state index contributed by atoms with van der Waals surface area (Å²) >= 11 is 6.38. The number of likely N-dealkylation sites (tertiary alicyclic amines) is 1. The number of halogens is 1. The van der Waals surface area contributed by atoms with E-state index in [-0.39, 0.29) is 5.91 Å². The molecule has 1 aromatic rings. The van der Waals surface area contributed by atoms with Crippen LogP contribution in [-0.2, 0) is 0 Å². The molecule has 6 heteroatoms. The molecule has 0 aliphatic carbocycles. The van der Waals surface area contributed by atoms with E-state index in [1.165, 1.54) is 6.42 Å². The highest BCUT2D eigenvalue weighted by Crippen LogP contribution is 2.37. The lowest BCUT2D eigenvalue weighted by Gasteiger charge is -2.32. The van der Waals surface area contributed by atoms with Crippen molar-refractivity contribution in [1.82, 2.24) is 10.2 Å². The molecule has 5 nitrogen and oxygen atoms in total. The third-order valence-electron chi connectivity index (χ3n) is 4.74. The van der Waals surface area contributed by atoms with Crippen molar-refractivity contribution in [2.24, 2.45) is 11.8 Å². The van der Waals surface area contributed by atoms with E-state index in [1.807, 2.05) is 11.9 Å². The summed E-state index contributed by atoms with van der Waals surface area (Å²) in [7, 11) is 3.54. The summed E-state index contributed by atoms with van der Waals surface area (Å²) < 4.78 is 11.2. The van der Waals surface area contributed by atoms with Crippen molar-refractivity contribution in [1.29, 1.82) is 0 Å². The zero-order valence-corrected chi connectivity index (χ0v) is 17.1. The van der Waals surface area contributed by atoms with Crippen molar-refractivity contribution in [2.45, 2.75) is 33.1 Å². The molecule has 1 aliphatic heterocycles. The first kappa shape index (κ1) is 20.8. The first-order chi connectivity index (χ1) is 12.5. The van der Waals surface area contributed by atoms with Gasteiger partial charge in [-0.25, -0.2) is 0 Å². The summed E-state index contributed by atoms with van der Waals surface area (Å²) in [5.41, 5.74) is 0.553. The predicted octanol–water partition coefficient (Wildman–Crippen LogP) is 3.85. The largest absolute Gasteiger partial charge is 0.493 e. The van der Waals surface area contributed by atoms with Gasteiger partial charge in [0.25, 0.3) is 5.91 Å². The van der Waals surface area contributed by atoms with E-state index in [0.717, 1.165) is 32.5 Å². The van der Waals surface area contributed by atoms with Crippen molar-refractivity contribution < 1.29 is 14.3 Å². The first-order valence-corrected chi connectivity index (χ1v) is 9.78. The highest BCUT2D eigenvalue weighted by atomic mass is 35.5. The zero-order chi connectivity index (χ0) is 19.1. The zero-order valence-electron chi connectivity index (χ0n) is 16.3. The summed E-state index contributed by atoms with van der Waals surface area (Å²) in [6.45, 7) is 7.29. The Morgan fingerprint density at radius 2 is 2.04 bits per heavy atom. The molecule has 2 rings (SSSR count). The fraction of sp³-hybridized carbons (Fsp3) is 0.650. The topological polar surface area (TPSA) is 50.8 Å². The van der Waals surface area contributed by atoms with Gasteiger partial charge in [-0.05, 0) is 56.8 Å². The molecule has 0 unspecified atom stereocenters. The van der Waals surface area contributed by atoms with E-state index in [0.29, 0.717) is 40.5 Å². The summed E-state index contributed by atoms with van der Waals surface area (Å²) in [4.78, 5) is 14.8. The van der Waals surface area contributed by atoms with Crippen molar-refractivity contribution in [2.75, 3.05) is 40.4 Å². The second-order valence-corrected chi connectivity index (χ2v) is 7.73. The fourth-order valence-corrected chi connectivity index (χ4v) is 3.45. The van der Waals surface area contributed by atoms with Gasteiger partial charge in [-0.2, -0.15) is 0 Å². The SMILES string of the molecule is CNCCC1CCN(C(=O)c2cc(Cl)c(OCC(C)C)c(OC)c2)CC1. The van der Waals surface area contributed by atoms with E-state index in [1.54, 1.807) is 19.2 Å². The number of carbonyl (C=O) groups excluding carboxylic acids is 1. The van der Waals surface area contributed by atoms with Crippen LogP contribution in [0.1, 0.15) is 43.5 Å². The van der Waals surface area contributed by atoms with Crippen LogP contribution in [0.2, 0.25) is 5.02 Å². The minimum absolute atomic E-state index is 0.00711. The van der Waals surface area contributed by atoms with E-state index in [9.17, 15) is 4.79 Å². The normalized spacial score (nSPS) is 15.4. The Morgan fingerprint density at radius 3 is 2.62 bits per heavy atom. The highest BCUT2D eigenvalue weighted by Gasteiger charge is 2.25. The minimum Gasteiger partial charge on any atom is -0.493 e. The second kappa shape index (κ2) is 10.0. The number of carbonyl (C=O) groups is 1. The molecular weight excluding hydrogens is 352 g/mol. The van der Waals surface area contributed by atoms with Crippen LogP contribution in [0.3, 0.4) is 0 Å². The van der Waals surface area contributed by atoms with Crippen molar-refractivity contribution in [3.05, 3.63) is 22.7 Å². The highest BCUT2D eigenvalue weighted by molar-refractivity contribution is 6.32. The van der Waals surface area contributed by atoms with Gasteiger partial charge in [-0.3, -0.25) is 4.79 Å². The third-order valence-corrected chi connectivity index (χ3v) is 5.02. The van der Waals surface area contributed by atoms with Gasteiger partial charge in [-0.15, -0.1) is 0 Å². The van der Waals surface area contributed by atoms with Crippen molar-refractivity contribution in [3.8, 4) is 11.5 Å². The first-order valence-electron chi connectivity index (χ1n) is 9.40. The number of amides is 1. The van der Waals surface area contributed by atoms with Crippen molar-refractivity contribution >= 4 is 17.5 Å². The molecule has 1 fully saturated rings. The number of rotatable bonds is 8. The van der Waals surface area contributed by atoms with E-state index >= 15 is 0 Å². The smallest absolute Gasteiger partial charge is 0.254 e. The number of benzene rings is 1. The third kappa shape index (κ3) is 5.52. The fourth-order valence-electron chi connectivity index (χ4n) is 3.19. The number of methoxy groups -OCH3 is 1. The average Bonchev–Trinajstić information content (AvgIpc) is 2.64. The maximum Gasteiger partial charge on any atom is 0.254 e. The van der Waals surface area contributed by atoms with Crippen LogP contribution in [-0.4, -0.2) is 51.2 Å². The van der Waals surface area contributed by atoms with Gasteiger partial charge in [0.2, 0.25) is 0 Å². The average molecular weight is 383 g/mol. The van der Waals surface area contributed by atoms with Crippen LogP contribution in [0.5, 0.6) is 11.5 Å². The molecule has 1 aromatic carbocycles. The summed E-state index contributed by atoms with van der Waals surface area (Å²) in [5.74, 6) is 2.08. The van der Waals surface area contributed by atoms with Crippen LogP contribution in [0.15, 0.2) is 12.1 Å². The van der Waals surface area contributed by atoms with Crippen LogP contribution < -0.4 is 14.8 Å². The number of hydrogen-bond acceptors (Lipinski definition) is 4. The molecule has 1 saturated heterocycles. The summed E-state index contributed by atoms with van der Waals surface area (Å²) in [5, 5.41) is 3.61. The standard InChI is InChI=1S/C20H31ClN2O3/c1-14(2)13-26-19-17(21)11-16(12-18(19)25-4)20(24)23-9-6-15(7-10-23)5-8-22-3/h11-12,14-15,22H,5-10,13H2,1-4H3. The second-order valence-electron chi connectivity index (χ2n) is 7.32. The monoisotopic (exact) mass is 382 g/mol. The molecule has 0 spiro atoms. The molecule has 0 radical (unpaired) electrons. The number of piperidine rings is 1. The quantitative estimate of drug-likeness (QED) is 0.742. The molecule has 26 heavy (non-hydrogen) atoms. The van der Waals surface area contributed by atoms with Gasteiger partial charge in [0, 0.05) is 18.7 Å². The molecule has 0 aromatic heterocycles. The van der Waals surface area contributed by atoms with Gasteiger partial charge in [0.1, 0.15) is 0 Å².